The summed E-state index contributed by atoms with van der Waals surface area (Å²) in [5, 5.41) is 11.9. The van der Waals surface area contributed by atoms with Crippen molar-refractivity contribution in [3.05, 3.63) is 71.3 Å². The van der Waals surface area contributed by atoms with E-state index in [1.807, 2.05) is 30.3 Å². The number of carbonyl (C=O) groups is 2. The number of nitrogens with one attached hydrogen (secondary N) is 1. The molecule has 0 bridgehead atoms. The highest BCUT2D eigenvalue weighted by molar-refractivity contribution is 5.83. The third kappa shape index (κ3) is 7.00. The summed E-state index contributed by atoms with van der Waals surface area (Å²) < 4.78 is 0. The minimum Gasteiger partial charge on any atom is -0.465 e. The highest BCUT2D eigenvalue weighted by Crippen LogP contribution is 2.33. The minimum absolute atomic E-state index is 0.0708. The fourth-order valence-electron chi connectivity index (χ4n) is 6.95. The molecule has 0 spiro atoms. The van der Waals surface area contributed by atoms with E-state index in [9.17, 15) is 14.7 Å². The first-order chi connectivity index (χ1) is 19.0. The minimum atomic E-state index is -0.989. The predicted octanol–water partition coefficient (Wildman–Crippen LogP) is 4.78. The van der Waals surface area contributed by atoms with Crippen molar-refractivity contribution in [2.75, 3.05) is 39.8 Å². The van der Waals surface area contributed by atoms with Crippen LogP contribution in [0.4, 0.5) is 4.79 Å². The Morgan fingerprint density at radius 2 is 1.46 bits per heavy atom. The lowest BCUT2D eigenvalue weighted by Crippen LogP contribution is -2.50. The Balaban J connectivity index is 0.000000555. The van der Waals surface area contributed by atoms with Crippen molar-refractivity contribution in [2.45, 2.75) is 63.6 Å². The number of rotatable bonds is 6. The molecule has 7 heteroatoms. The zero-order valence-electron chi connectivity index (χ0n) is 23.3. The zero-order valence-corrected chi connectivity index (χ0v) is 23.3. The molecule has 6 rings (SSSR count). The molecule has 7 nitrogen and oxygen atoms in total. The van der Waals surface area contributed by atoms with Gasteiger partial charge in [0.2, 0.25) is 5.91 Å². The molecule has 2 N–H and O–H groups in total. The summed E-state index contributed by atoms with van der Waals surface area (Å²) in [6.07, 6.45) is 8.04. The molecule has 3 fully saturated rings. The van der Waals surface area contributed by atoms with Crippen LogP contribution in [0.25, 0.3) is 0 Å². The Bertz CT molecular complexity index is 1080. The first kappa shape index (κ1) is 27.7. The number of hydrogen-bond acceptors (Lipinski definition) is 4. The summed E-state index contributed by atoms with van der Waals surface area (Å²) in [5.74, 6) is 1.29. The molecule has 2 aromatic rings. The van der Waals surface area contributed by atoms with Crippen molar-refractivity contribution in [1.82, 2.24) is 20.0 Å². The molecule has 39 heavy (non-hydrogen) atoms. The smallest absolute Gasteiger partial charge is 0.405 e. The molecule has 0 radical (unpaired) electrons. The summed E-state index contributed by atoms with van der Waals surface area (Å²) in [6.45, 7) is 5.30. The van der Waals surface area contributed by atoms with Gasteiger partial charge in [-0.05, 0) is 48.4 Å². The maximum Gasteiger partial charge on any atom is 0.405 e. The molecule has 0 aromatic heterocycles. The van der Waals surface area contributed by atoms with Crippen LogP contribution in [0.15, 0.2) is 54.6 Å². The molecule has 2 saturated heterocycles. The van der Waals surface area contributed by atoms with E-state index in [4.69, 9.17) is 0 Å². The summed E-state index contributed by atoms with van der Waals surface area (Å²) >= 11 is 0. The van der Waals surface area contributed by atoms with Crippen LogP contribution in [0, 0.1) is 11.8 Å². The number of likely N-dealkylation sites (tertiary alicyclic amines) is 2. The monoisotopic (exact) mass is 532 g/mol. The summed E-state index contributed by atoms with van der Waals surface area (Å²) in [4.78, 5) is 31.4. The maximum atomic E-state index is 13.4. The number of fused-ring (bicyclic) bond motifs is 2. The molecular weight excluding hydrogens is 488 g/mol. The number of carbonyl (C=O) groups excluding carboxylic acids is 1. The Hall–Kier alpha value is -2.90. The Morgan fingerprint density at radius 3 is 2.08 bits per heavy atom. The van der Waals surface area contributed by atoms with Crippen LogP contribution in [-0.4, -0.2) is 77.6 Å². The fraction of sp³-hybridized carbons (Fsp3) is 0.562. The Labute approximate surface area is 233 Å². The molecule has 3 aliphatic heterocycles. The van der Waals surface area contributed by atoms with Crippen LogP contribution in [0.2, 0.25) is 0 Å². The molecule has 1 saturated carbocycles. The Morgan fingerprint density at radius 1 is 0.872 bits per heavy atom. The topological polar surface area (TPSA) is 76.1 Å². The van der Waals surface area contributed by atoms with Gasteiger partial charge in [-0.3, -0.25) is 9.69 Å². The van der Waals surface area contributed by atoms with E-state index in [2.05, 4.69) is 51.3 Å². The third-order valence-electron chi connectivity index (χ3n) is 9.13. The quantitative estimate of drug-likeness (QED) is 0.560. The second kappa shape index (κ2) is 13.0. The van der Waals surface area contributed by atoms with E-state index >= 15 is 0 Å². The van der Waals surface area contributed by atoms with E-state index in [1.54, 1.807) is 0 Å². The highest BCUT2D eigenvalue weighted by Gasteiger charge is 2.43. The van der Waals surface area contributed by atoms with Gasteiger partial charge in [-0.15, -0.1) is 0 Å². The van der Waals surface area contributed by atoms with Crippen LogP contribution < -0.4 is 5.32 Å². The Kier molecular flexibility index (Phi) is 9.20. The van der Waals surface area contributed by atoms with Crippen molar-refractivity contribution in [1.29, 1.82) is 0 Å². The van der Waals surface area contributed by atoms with Crippen LogP contribution in [0.3, 0.4) is 0 Å². The van der Waals surface area contributed by atoms with Crippen LogP contribution in [0.1, 0.15) is 61.3 Å². The first-order valence-electron chi connectivity index (χ1n) is 14.8. The van der Waals surface area contributed by atoms with E-state index in [0.29, 0.717) is 11.8 Å². The highest BCUT2D eigenvalue weighted by atomic mass is 16.4. The largest absolute Gasteiger partial charge is 0.465 e. The number of benzene rings is 2. The fourth-order valence-corrected chi connectivity index (χ4v) is 6.95. The molecule has 3 heterocycles. The van der Waals surface area contributed by atoms with Crippen molar-refractivity contribution in [2.24, 2.45) is 11.8 Å². The third-order valence-corrected chi connectivity index (χ3v) is 9.13. The van der Waals surface area contributed by atoms with E-state index in [0.717, 1.165) is 57.7 Å². The number of amides is 2. The van der Waals surface area contributed by atoms with Gasteiger partial charge < -0.3 is 20.2 Å². The van der Waals surface area contributed by atoms with E-state index in [-0.39, 0.29) is 18.0 Å². The normalized spacial score (nSPS) is 25.4. The lowest BCUT2D eigenvalue weighted by Gasteiger charge is -2.35. The van der Waals surface area contributed by atoms with E-state index < -0.39 is 6.09 Å². The lowest BCUT2D eigenvalue weighted by molar-refractivity contribution is -0.136. The molecule has 4 atom stereocenters. The summed E-state index contributed by atoms with van der Waals surface area (Å²) in [5.41, 5.74) is 3.63. The predicted molar refractivity (Wildman–Crippen MR) is 153 cm³/mol. The summed E-state index contributed by atoms with van der Waals surface area (Å²) in [7, 11) is 2.06. The van der Waals surface area contributed by atoms with Gasteiger partial charge in [0.1, 0.15) is 0 Å². The van der Waals surface area contributed by atoms with Gasteiger partial charge >= 0.3 is 6.09 Å². The number of carboxylic acid groups (broad SMARTS) is 1. The second-order valence-corrected chi connectivity index (χ2v) is 11.9. The molecular formula is C32H44N4O3. The molecule has 4 aliphatic rings. The molecule has 2 aromatic carbocycles. The van der Waals surface area contributed by atoms with Crippen molar-refractivity contribution in [3.8, 4) is 0 Å². The van der Waals surface area contributed by atoms with Gasteiger partial charge in [0.05, 0.1) is 12.1 Å². The standard InChI is InChI=1S/C27H34N4O3.C5H10/c1-29-14-21-10-6-5-9-20(21)13-25(29)26(32)31-17-22-15-30(16-23(22)18-31)12-11-24(28-27(33)34)19-7-3-2-4-8-19;1-2-4-5-3-1/h2-10,22-25,28H,11-18H2,1H3,(H,33,34);1-5H2/t22?,23?,24?,25-;/m0./s1. The number of hydrogen-bond donors (Lipinski definition) is 2. The molecule has 2 amide bonds. The van der Waals surface area contributed by atoms with Gasteiger partial charge in [-0.25, -0.2) is 4.79 Å². The lowest BCUT2D eigenvalue weighted by atomic mass is 9.94. The van der Waals surface area contributed by atoms with Gasteiger partial charge in [0.15, 0.2) is 0 Å². The van der Waals surface area contributed by atoms with Gasteiger partial charge in [0.25, 0.3) is 0 Å². The SMILES string of the molecule is C1CCCC1.CN1Cc2ccccc2C[C@H]1C(=O)N1CC2CN(CCC(NC(=O)O)c3ccccc3)CC2C1. The van der Waals surface area contributed by atoms with Crippen LogP contribution in [0.5, 0.6) is 0 Å². The first-order valence-corrected chi connectivity index (χ1v) is 14.8. The maximum absolute atomic E-state index is 13.4. The average molecular weight is 533 g/mol. The van der Waals surface area contributed by atoms with Crippen molar-refractivity contribution in [3.63, 3.8) is 0 Å². The van der Waals surface area contributed by atoms with E-state index in [1.165, 1.54) is 43.2 Å². The second-order valence-electron chi connectivity index (χ2n) is 11.9. The number of nitrogens with zero attached hydrogens (tertiary/aromatic N) is 3. The zero-order chi connectivity index (χ0) is 27.2. The van der Waals surface area contributed by atoms with Gasteiger partial charge in [-0.2, -0.15) is 0 Å². The molecule has 3 unspecified atom stereocenters. The van der Waals surface area contributed by atoms with Crippen molar-refractivity contribution >= 4 is 12.0 Å². The van der Waals surface area contributed by atoms with Gasteiger partial charge in [0, 0.05) is 39.3 Å². The van der Waals surface area contributed by atoms with Crippen LogP contribution in [-0.2, 0) is 17.8 Å². The average Bonchev–Trinajstić information content (AvgIpc) is 3.70. The molecule has 1 aliphatic carbocycles. The summed E-state index contributed by atoms with van der Waals surface area (Å²) in [6, 6.07) is 18.0. The molecule has 210 valence electrons. The van der Waals surface area contributed by atoms with Crippen LogP contribution >= 0.6 is 0 Å². The van der Waals surface area contributed by atoms with Crippen molar-refractivity contribution < 1.29 is 14.7 Å². The van der Waals surface area contributed by atoms with Gasteiger partial charge in [-0.1, -0.05) is 86.7 Å². The number of likely N-dealkylation sites (N-methyl/N-ethyl adjacent to an activating group) is 1.